The van der Waals surface area contributed by atoms with Crippen LogP contribution >= 0.6 is 0 Å². The highest BCUT2D eigenvalue weighted by Crippen LogP contribution is 2.29. The maximum absolute atomic E-state index is 12.5. The second kappa shape index (κ2) is 14.9. The predicted molar refractivity (Wildman–Crippen MR) is 165 cm³/mol. The number of benzene rings is 2. The fourth-order valence-corrected chi connectivity index (χ4v) is 4.58. The normalized spacial score (nSPS) is 12.0. The maximum atomic E-state index is 12.5. The fraction of sp³-hybridized carbons (Fsp3) is 0.250. The zero-order chi connectivity index (χ0) is 35.1. The Morgan fingerprint density at radius 2 is 0.900 bits per heavy atom. The third-order valence-electron chi connectivity index (χ3n) is 6.70. The van der Waals surface area contributed by atoms with E-state index in [9.17, 15) is 26.3 Å². The van der Waals surface area contributed by atoms with Crippen LogP contribution in [0, 0.1) is 0 Å². The summed E-state index contributed by atoms with van der Waals surface area (Å²) in [6.07, 6.45) is -6.58. The van der Waals surface area contributed by atoms with Gasteiger partial charge in [0.2, 0.25) is 0 Å². The lowest BCUT2D eigenvalue weighted by Gasteiger charge is -2.09. The molecule has 0 saturated carbocycles. The van der Waals surface area contributed by atoms with Gasteiger partial charge in [-0.05, 0) is 48.5 Å². The van der Waals surface area contributed by atoms with Gasteiger partial charge in [0.1, 0.15) is 47.6 Å². The molecule has 0 atom stereocenters. The number of halogens is 6. The van der Waals surface area contributed by atoms with Crippen molar-refractivity contribution >= 4 is 22.1 Å². The molecule has 12 nitrogen and oxygen atoms in total. The molecular formula is C32H26F6N6O6. The number of aromatic nitrogens is 6. The topological polar surface area (TPSA) is 139 Å². The minimum absolute atomic E-state index is 0.265. The van der Waals surface area contributed by atoms with Crippen molar-refractivity contribution in [3.05, 3.63) is 73.1 Å². The van der Waals surface area contributed by atoms with Crippen LogP contribution in [0.4, 0.5) is 26.3 Å². The lowest BCUT2D eigenvalue weighted by Crippen LogP contribution is -2.16. The van der Waals surface area contributed by atoms with E-state index in [1.807, 2.05) is 0 Å². The van der Waals surface area contributed by atoms with Crippen LogP contribution < -0.4 is 18.9 Å². The molecule has 0 radical (unpaired) electrons. The Bertz CT molecular complexity index is 1870. The molecule has 18 heteroatoms. The maximum Gasteiger partial charge on any atom is 0.573 e. The van der Waals surface area contributed by atoms with Gasteiger partial charge in [-0.2, -0.15) is 0 Å². The third-order valence-corrected chi connectivity index (χ3v) is 6.70. The molecule has 0 aliphatic carbocycles. The first-order chi connectivity index (χ1) is 24.0. The molecule has 50 heavy (non-hydrogen) atoms. The molecule has 4 aromatic heterocycles. The van der Waals surface area contributed by atoms with Gasteiger partial charge in [-0.3, -0.25) is 0 Å². The van der Waals surface area contributed by atoms with Gasteiger partial charge in [0.15, 0.2) is 11.6 Å². The van der Waals surface area contributed by atoms with Crippen LogP contribution in [0.15, 0.2) is 73.1 Å². The zero-order valence-corrected chi connectivity index (χ0v) is 25.7. The van der Waals surface area contributed by atoms with Crippen molar-refractivity contribution in [3.8, 4) is 46.0 Å². The molecule has 0 saturated heterocycles. The number of alkyl halides is 6. The van der Waals surface area contributed by atoms with Crippen molar-refractivity contribution in [3.63, 3.8) is 0 Å². The van der Waals surface area contributed by atoms with E-state index >= 15 is 0 Å². The van der Waals surface area contributed by atoms with E-state index in [2.05, 4.69) is 39.4 Å². The zero-order valence-electron chi connectivity index (χ0n) is 25.7. The number of ether oxygens (including phenoxy) is 6. The number of fused-ring (bicyclic) bond motifs is 2. The molecule has 0 unspecified atom stereocenters. The standard InChI is InChI=1S/C32H26F6N6O6/c33-31(34,35)49-19-1-5-23-27(15-19)43-29(41-23)25-7-3-21(17-39-25)47-13-11-45-9-10-46-12-14-48-22-4-8-26(40-18-22)30-42-24-6-2-20(16-28(24)44-30)50-32(36,37)38/h1-8,15-18H,9-14H2,(H,41,43)(H,42,44). The van der Waals surface area contributed by atoms with E-state index < -0.39 is 12.7 Å². The molecule has 0 bridgehead atoms. The van der Waals surface area contributed by atoms with Crippen LogP contribution in [0.5, 0.6) is 23.0 Å². The Kier molecular flexibility index (Phi) is 10.2. The van der Waals surface area contributed by atoms with Crippen molar-refractivity contribution in [1.82, 2.24) is 29.9 Å². The summed E-state index contributed by atoms with van der Waals surface area (Å²) in [6, 6.07) is 14.3. The highest BCUT2D eigenvalue weighted by Gasteiger charge is 2.32. The van der Waals surface area contributed by atoms with Gasteiger partial charge in [0.25, 0.3) is 0 Å². The Hall–Kier alpha value is -5.62. The van der Waals surface area contributed by atoms with Gasteiger partial charge in [0, 0.05) is 12.1 Å². The van der Waals surface area contributed by atoms with Crippen LogP contribution in [0.2, 0.25) is 0 Å². The van der Waals surface area contributed by atoms with E-state index in [0.29, 0.717) is 83.0 Å². The number of hydrogen-bond donors (Lipinski definition) is 2. The van der Waals surface area contributed by atoms with E-state index in [1.165, 1.54) is 48.8 Å². The number of nitrogens with zero attached hydrogens (tertiary/aromatic N) is 4. The Morgan fingerprint density at radius 1 is 0.500 bits per heavy atom. The summed E-state index contributed by atoms with van der Waals surface area (Å²) in [7, 11) is 0. The van der Waals surface area contributed by atoms with Crippen molar-refractivity contribution in [2.24, 2.45) is 0 Å². The van der Waals surface area contributed by atoms with Crippen LogP contribution in [0.3, 0.4) is 0 Å². The number of pyridine rings is 2. The Balaban J connectivity index is 0.843. The van der Waals surface area contributed by atoms with Gasteiger partial charge < -0.3 is 38.4 Å². The molecule has 4 heterocycles. The summed E-state index contributed by atoms with van der Waals surface area (Å²) in [5.74, 6) is 1.04. The van der Waals surface area contributed by atoms with Gasteiger partial charge in [-0.25, -0.2) is 19.9 Å². The van der Waals surface area contributed by atoms with Crippen LogP contribution in [-0.4, -0.2) is 82.3 Å². The highest BCUT2D eigenvalue weighted by atomic mass is 19.4. The molecule has 262 valence electrons. The monoisotopic (exact) mass is 704 g/mol. The first-order valence-electron chi connectivity index (χ1n) is 14.8. The average molecular weight is 705 g/mol. The summed E-state index contributed by atoms with van der Waals surface area (Å²) >= 11 is 0. The van der Waals surface area contributed by atoms with Crippen LogP contribution in [-0.2, 0) is 9.47 Å². The average Bonchev–Trinajstić information content (AvgIpc) is 3.69. The fourth-order valence-electron chi connectivity index (χ4n) is 4.58. The van der Waals surface area contributed by atoms with Gasteiger partial charge >= 0.3 is 12.7 Å². The molecule has 2 aromatic carbocycles. The lowest BCUT2D eigenvalue weighted by atomic mass is 10.3. The van der Waals surface area contributed by atoms with Crippen molar-refractivity contribution < 1.29 is 54.8 Å². The van der Waals surface area contributed by atoms with Crippen LogP contribution in [0.1, 0.15) is 0 Å². The Labute approximate surface area is 278 Å². The molecule has 0 aliphatic heterocycles. The number of rotatable bonds is 15. The molecule has 0 spiro atoms. The summed E-state index contributed by atoms with van der Waals surface area (Å²) in [6.45, 7) is 1.81. The molecular weight excluding hydrogens is 678 g/mol. The lowest BCUT2D eigenvalue weighted by molar-refractivity contribution is -0.275. The molecule has 0 aliphatic rings. The summed E-state index contributed by atoms with van der Waals surface area (Å²) in [5, 5.41) is 0. The second-order valence-electron chi connectivity index (χ2n) is 10.3. The quantitative estimate of drug-likeness (QED) is 0.0862. The Morgan fingerprint density at radius 3 is 1.28 bits per heavy atom. The first-order valence-corrected chi connectivity index (χ1v) is 14.8. The smallest absolute Gasteiger partial charge is 0.490 e. The van der Waals surface area contributed by atoms with Gasteiger partial charge in [-0.15, -0.1) is 26.3 Å². The molecule has 6 aromatic rings. The largest absolute Gasteiger partial charge is 0.573 e. The van der Waals surface area contributed by atoms with Crippen LogP contribution in [0.25, 0.3) is 45.1 Å². The second-order valence-corrected chi connectivity index (χ2v) is 10.3. The predicted octanol–water partition coefficient (Wildman–Crippen LogP) is 6.85. The molecule has 0 amide bonds. The number of hydrogen-bond acceptors (Lipinski definition) is 10. The minimum Gasteiger partial charge on any atom is -0.490 e. The van der Waals surface area contributed by atoms with E-state index in [0.717, 1.165) is 0 Å². The molecule has 6 rings (SSSR count). The number of imidazole rings is 2. The van der Waals surface area contributed by atoms with E-state index in [1.54, 1.807) is 24.3 Å². The summed E-state index contributed by atoms with van der Waals surface area (Å²) in [4.78, 5) is 23.2. The van der Waals surface area contributed by atoms with E-state index in [4.69, 9.17) is 18.9 Å². The SMILES string of the molecule is FC(F)(F)Oc1ccc2nc(-c3ccc(OCCOCCOCCOc4ccc(-c5nc6ccc(OC(F)(F)F)cc6[nH]5)nc4)cn3)[nH]c2c1. The van der Waals surface area contributed by atoms with Crippen molar-refractivity contribution in [2.45, 2.75) is 12.7 Å². The third kappa shape index (κ3) is 9.50. The number of nitrogens with one attached hydrogen (secondary N) is 2. The molecule has 0 fully saturated rings. The highest BCUT2D eigenvalue weighted by molar-refractivity contribution is 5.81. The van der Waals surface area contributed by atoms with Crippen molar-refractivity contribution in [1.29, 1.82) is 0 Å². The number of H-pyrrole nitrogens is 2. The first kappa shape index (κ1) is 34.3. The molecule has 2 N–H and O–H groups in total. The van der Waals surface area contributed by atoms with Gasteiger partial charge in [-0.1, -0.05) is 0 Å². The number of aromatic amines is 2. The summed E-state index contributed by atoms with van der Waals surface area (Å²) < 4.78 is 105. The minimum atomic E-state index is -4.79. The van der Waals surface area contributed by atoms with E-state index in [-0.39, 0.29) is 24.7 Å². The summed E-state index contributed by atoms with van der Waals surface area (Å²) in [5.41, 5.74) is 2.61. The van der Waals surface area contributed by atoms with Gasteiger partial charge in [0.05, 0.1) is 60.9 Å². The van der Waals surface area contributed by atoms with Crippen molar-refractivity contribution in [2.75, 3.05) is 39.6 Å².